The Bertz CT molecular complexity index is 1170. The summed E-state index contributed by atoms with van der Waals surface area (Å²) in [5.41, 5.74) is 5.05. The third-order valence-electron chi connectivity index (χ3n) is 4.11. The van der Waals surface area contributed by atoms with Crippen molar-refractivity contribution < 1.29 is 0 Å². The number of thiazole rings is 1. The summed E-state index contributed by atoms with van der Waals surface area (Å²) in [6.45, 7) is 4.44. The van der Waals surface area contributed by atoms with Crippen LogP contribution >= 0.6 is 11.3 Å². The molecule has 1 N–H and O–H groups in total. The topological polar surface area (TPSA) is 105 Å². The van der Waals surface area contributed by atoms with Gasteiger partial charge >= 0.3 is 0 Å². The molecule has 0 atom stereocenters. The summed E-state index contributed by atoms with van der Waals surface area (Å²) in [4.78, 5) is 21.8. The Morgan fingerprint density at radius 1 is 1.42 bits per heavy atom. The van der Waals surface area contributed by atoms with Crippen LogP contribution in [0.1, 0.15) is 36.6 Å². The number of aromatic amines is 1. The zero-order chi connectivity index (χ0) is 18.3. The minimum absolute atomic E-state index is 0.0300. The van der Waals surface area contributed by atoms with Gasteiger partial charge in [-0.25, -0.2) is 14.5 Å². The first kappa shape index (κ1) is 16.2. The van der Waals surface area contributed by atoms with Crippen LogP contribution in [0.2, 0.25) is 0 Å². The predicted octanol–water partition coefficient (Wildman–Crippen LogP) is 2.39. The molecular weight excluding hydrogens is 350 g/mol. The second-order valence-corrected chi connectivity index (χ2v) is 6.92. The van der Waals surface area contributed by atoms with Gasteiger partial charge in [-0.05, 0) is 5.92 Å². The summed E-state index contributed by atoms with van der Waals surface area (Å²) < 4.78 is 3.08. The fourth-order valence-electron chi connectivity index (χ4n) is 2.90. The van der Waals surface area contributed by atoms with E-state index in [0.29, 0.717) is 29.0 Å². The van der Waals surface area contributed by atoms with Crippen LogP contribution in [0, 0.1) is 11.3 Å². The van der Waals surface area contributed by atoms with Crippen molar-refractivity contribution in [3.8, 4) is 17.3 Å². The van der Waals surface area contributed by atoms with Crippen LogP contribution in [0.25, 0.3) is 16.9 Å². The first-order valence-corrected chi connectivity index (χ1v) is 8.96. The highest BCUT2D eigenvalue weighted by atomic mass is 32.1. The van der Waals surface area contributed by atoms with Gasteiger partial charge in [-0.15, -0.1) is 11.3 Å². The number of H-pyrrole nitrogens is 1. The average molecular weight is 365 g/mol. The van der Waals surface area contributed by atoms with Gasteiger partial charge in [-0.2, -0.15) is 10.4 Å². The van der Waals surface area contributed by atoms with Gasteiger partial charge in [-0.3, -0.25) is 14.6 Å². The van der Waals surface area contributed by atoms with Gasteiger partial charge in [0.25, 0.3) is 5.56 Å². The number of fused-ring (bicyclic) bond motifs is 1. The van der Waals surface area contributed by atoms with E-state index < -0.39 is 0 Å². The van der Waals surface area contributed by atoms with Crippen molar-refractivity contribution in [2.45, 2.75) is 26.3 Å². The molecule has 0 aromatic carbocycles. The maximum absolute atomic E-state index is 12.9. The Morgan fingerprint density at radius 3 is 2.96 bits per heavy atom. The quantitative estimate of drug-likeness (QED) is 0.598. The molecule has 130 valence electrons. The lowest BCUT2D eigenvalue weighted by molar-refractivity contribution is 0.676. The molecule has 0 aliphatic carbocycles. The maximum atomic E-state index is 12.9. The van der Waals surface area contributed by atoms with Crippen LogP contribution in [0.15, 0.2) is 34.3 Å². The van der Waals surface area contributed by atoms with Gasteiger partial charge in [0.2, 0.25) is 0 Å². The molecule has 0 saturated heterocycles. The third kappa shape index (κ3) is 2.60. The number of aromatic nitrogens is 6. The number of hydrogen-bond acceptors (Lipinski definition) is 6. The molecule has 4 rings (SSSR count). The Balaban J connectivity index is 1.87. The Hall–Kier alpha value is -3.25. The zero-order valence-corrected chi connectivity index (χ0v) is 15.0. The van der Waals surface area contributed by atoms with E-state index in [2.05, 4.69) is 26.2 Å². The second kappa shape index (κ2) is 6.24. The van der Waals surface area contributed by atoms with Crippen LogP contribution in [0.4, 0.5) is 0 Å². The van der Waals surface area contributed by atoms with Gasteiger partial charge in [0.05, 0.1) is 29.6 Å². The number of nitrogens with one attached hydrogen (secondary N) is 1. The minimum Gasteiger partial charge on any atom is -0.295 e. The first-order chi connectivity index (χ1) is 12.6. The third-order valence-corrected chi connectivity index (χ3v) is 4.74. The highest BCUT2D eigenvalue weighted by molar-refractivity contribution is 7.07. The summed E-state index contributed by atoms with van der Waals surface area (Å²) >= 11 is 1.53. The van der Waals surface area contributed by atoms with E-state index in [1.165, 1.54) is 22.0 Å². The van der Waals surface area contributed by atoms with Crippen LogP contribution in [-0.4, -0.2) is 29.4 Å². The van der Waals surface area contributed by atoms with E-state index in [0.717, 1.165) is 11.3 Å². The molecule has 4 aromatic heterocycles. The molecule has 0 unspecified atom stereocenters. The summed E-state index contributed by atoms with van der Waals surface area (Å²) in [6.07, 6.45) is 5.03. The van der Waals surface area contributed by atoms with E-state index in [1.54, 1.807) is 16.4 Å². The fourth-order valence-corrected chi connectivity index (χ4v) is 3.45. The summed E-state index contributed by atoms with van der Waals surface area (Å²) in [5, 5.41) is 18.4. The Labute approximate surface area is 152 Å². The molecule has 0 bridgehead atoms. The van der Waals surface area contributed by atoms with Crippen molar-refractivity contribution in [1.29, 1.82) is 5.26 Å². The van der Waals surface area contributed by atoms with E-state index in [4.69, 9.17) is 0 Å². The predicted molar refractivity (Wildman–Crippen MR) is 97.1 cm³/mol. The molecular formula is C17H15N7OS. The largest absolute Gasteiger partial charge is 0.295 e. The fraction of sp³-hybridized carbons (Fsp3) is 0.235. The summed E-state index contributed by atoms with van der Waals surface area (Å²) in [7, 11) is 0. The molecule has 0 aliphatic rings. The highest BCUT2D eigenvalue weighted by Gasteiger charge is 2.20. The Morgan fingerprint density at radius 2 is 2.27 bits per heavy atom. The molecule has 0 saturated carbocycles. The summed E-state index contributed by atoms with van der Waals surface area (Å²) in [5.74, 6) is -0.0300. The van der Waals surface area contributed by atoms with Crippen LogP contribution < -0.4 is 5.56 Å². The molecule has 0 amide bonds. The molecule has 0 aliphatic heterocycles. The van der Waals surface area contributed by atoms with Crippen molar-refractivity contribution in [3.05, 3.63) is 56.7 Å². The molecule has 4 aromatic rings. The number of nitrogens with zero attached hydrogens (tertiary/aromatic N) is 6. The van der Waals surface area contributed by atoms with Crippen molar-refractivity contribution >= 4 is 17.0 Å². The monoisotopic (exact) mass is 365 g/mol. The van der Waals surface area contributed by atoms with Crippen LogP contribution in [-0.2, 0) is 6.54 Å². The van der Waals surface area contributed by atoms with E-state index in [1.807, 2.05) is 25.4 Å². The van der Waals surface area contributed by atoms with Crippen molar-refractivity contribution in [1.82, 2.24) is 29.4 Å². The smallest absolute Gasteiger partial charge is 0.276 e. The van der Waals surface area contributed by atoms with Gasteiger partial charge in [-0.1, -0.05) is 13.8 Å². The SMILES string of the molecule is CC(C)c1c(-c2cnn(Cc3cscn3)c2)nc2c(C#N)c[nH]n2c1=O. The zero-order valence-electron chi connectivity index (χ0n) is 14.2. The Kier molecular flexibility index (Phi) is 3.89. The molecule has 8 nitrogen and oxygen atoms in total. The first-order valence-electron chi connectivity index (χ1n) is 8.02. The molecule has 0 spiro atoms. The normalized spacial score (nSPS) is 11.3. The number of rotatable bonds is 4. The van der Waals surface area contributed by atoms with Crippen LogP contribution in [0.3, 0.4) is 0 Å². The van der Waals surface area contributed by atoms with Gasteiger partial charge in [0.1, 0.15) is 11.6 Å². The van der Waals surface area contributed by atoms with Crippen molar-refractivity contribution in [2.75, 3.05) is 0 Å². The van der Waals surface area contributed by atoms with E-state index in [9.17, 15) is 10.1 Å². The van der Waals surface area contributed by atoms with Crippen LogP contribution in [0.5, 0.6) is 0 Å². The lowest BCUT2D eigenvalue weighted by Crippen LogP contribution is -2.22. The molecule has 9 heteroatoms. The molecule has 0 radical (unpaired) electrons. The minimum atomic E-state index is -0.200. The summed E-state index contributed by atoms with van der Waals surface area (Å²) in [6, 6.07) is 2.06. The lowest BCUT2D eigenvalue weighted by Gasteiger charge is -2.10. The molecule has 0 fully saturated rings. The van der Waals surface area contributed by atoms with Crippen molar-refractivity contribution in [3.63, 3.8) is 0 Å². The second-order valence-electron chi connectivity index (χ2n) is 6.20. The van der Waals surface area contributed by atoms with Gasteiger partial charge < -0.3 is 0 Å². The van der Waals surface area contributed by atoms with Gasteiger partial charge in [0.15, 0.2) is 5.65 Å². The van der Waals surface area contributed by atoms with Crippen molar-refractivity contribution in [2.24, 2.45) is 0 Å². The van der Waals surface area contributed by atoms with E-state index in [-0.39, 0.29) is 11.5 Å². The maximum Gasteiger partial charge on any atom is 0.276 e. The average Bonchev–Trinajstić information content (AvgIpc) is 3.34. The number of hydrogen-bond donors (Lipinski definition) is 1. The number of nitriles is 1. The molecule has 4 heterocycles. The molecule has 26 heavy (non-hydrogen) atoms. The highest BCUT2D eigenvalue weighted by Crippen LogP contribution is 2.26. The van der Waals surface area contributed by atoms with Gasteiger partial charge in [0, 0.05) is 28.9 Å². The lowest BCUT2D eigenvalue weighted by atomic mass is 10.00. The van der Waals surface area contributed by atoms with E-state index >= 15 is 0 Å². The standard InChI is InChI=1S/C17H15N7OS/c1-10(2)14-15(22-16-11(3-18)4-21-24(16)17(14)25)12-5-20-23(6-12)7-13-8-26-9-19-13/h4-6,8-10,21H,7H2,1-2H3.